The maximum absolute atomic E-state index is 5.97. The van der Waals surface area contributed by atoms with Crippen LogP contribution in [0.1, 0.15) is 45.6 Å². The van der Waals surface area contributed by atoms with Crippen LogP contribution < -0.4 is 0 Å². The zero-order chi connectivity index (χ0) is 16.5. The lowest BCUT2D eigenvalue weighted by atomic mass is 9.79. The molecule has 0 N–H and O–H groups in total. The minimum absolute atomic E-state index is 0.422. The molecule has 0 unspecified atom stereocenters. The van der Waals surface area contributed by atoms with Gasteiger partial charge in [-0.15, -0.1) is 0 Å². The summed E-state index contributed by atoms with van der Waals surface area (Å²) in [7, 11) is -0.606. The highest BCUT2D eigenvalue weighted by Gasteiger charge is 2.40. The Labute approximate surface area is 142 Å². The summed E-state index contributed by atoms with van der Waals surface area (Å²) in [6.07, 6.45) is 5.09. The molecule has 1 saturated carbocycles. The van der Waals surface area contributed by atoms with E-state index < -0.39 is 9.52 Å². The van der Waals surface area contributed by atoms with Gasteiger partial charge in [-0.25, -0.2) is 0 Å². The van der Waals surface area contributed by atoms with Gasteiger partial charge in [0, 0.05) is 0 Å². The van der Waals surface area contributed by atoms with Gasteiger partial charge in [0.05, 0.1) is 19.8 Å². The first-order chi connectivity index (χ1) is 11.2. The van der Waals surface area contributed by atoms with Gasteiger partial charge in [0.1, 0.15) is 14.9 Å². The van der Waals surface area contributed by atoms with Crippen LogP contribution >= 0.6 is 0 Å². The molecule has 0 aliphatic heterocycles. The van der Waals surface area contributed by atoms with E-state index in [4.69, 9.17) is 14.2 Å². The lowest BCUT2D eigenvalue weighted by Crippen LogP contribution is -2.33. The average molecular weight is 335 g/mol. The van der Waals surface area contributed by atoms with Crippen LogP contribution in [0, 0.1) is 0 Å². The summed E-state index contributed by atoms with van der Waals surface area (Å²) in [6, 6.07) is 10.8. The van der Waals surface area contributed by atoms with Crippen molar-refractivity contribution in [2.24, 2.45) is 0 Å². The van der Waals surface area contributed by atoms with Crippen molar-refractivity contribution in [3.63, 3.8) is 0 Å². The van der Waals surface area contributed by atoms with Crippen LogP contribution in [0.2, 0.25) is 5.04 Å². The third-order valence-corrected chi connectivity index (χ3v) is 6.99. The highest BCUT2D eigenvalue weighted by molar-refractivity contribution is 6.48. The van der Waals surface area contributed by atoms with E-state index in [1.54, 1.807) is 0 Å². The van der Waals surface area contributed by atoms with Crippen LogP contribution in [-0.4, -0.2) is 29.3 Å². The highest BCUT2D eigenvalue weighted by Crippen LogP contribution is 2.51. The SMILES string of the molecule is CCOC(OCC)=C(OCC)[SiH2]C1(Cc2ccccc2)CCC1. The summed E-state index contributed by atoms with van der Waals surface area (Å²) in [6.45, 7) is 7.93. The molecule has 2 rings (SSSR count). The Morgan fingerprint density at radius 3 is 2.04 bits per heavy atom. The van der Waals surface area contributed by atoms with Gasteiger partial charge >= 0.3 is 5.95 Å². The molecule has 0 radical (unpaired) electrons. The standard InChI is InChI=1S/C19H30O3Si/c1-4-20-17(21-5-2)18(22-6-3)23-19(13-10-14-19)15-16-11-8-7-9-12-16/h7-9,11-12H,4-6,10,13-15,23H2,1-3H3. The number of hydrogen-bond donors (Lipinski definition) is 0. The topological polar surface area (TPSA) is 27.7 Å². The fourth-order valence-electron chi connectivity index (χ4n) is 3.28. The number of ether oxygens (including phenoxy) is 3. The molecule has 1 aromatic carbocycles. The normalized spacial score (nSPS) is 16.0. The van der Waals surface area contributed by atoms with E-state index in [-0.39, 0.29) is 0 Å². The molecule has 1 fully saturated rings. The summed E-state index contributed by atoms with van der Waals surface area (Å²) in [5, 5.41) is 1.44. The second-order valence-electron chi connectivity index (χ2n) is 6.20. The van der Waals surface area contributed by atoms with Crippen molar-refractivity contribution in [3.8, 4) is 0 Å². The zero-order valence-corrected chi connectivity index (χ0v) is 16.2. The van der Waals surface area contributed by atoms with Crippen LogP contribution in [0.3, 0.4) is 0 Å². The number of hydrogen-bond acceptors (Lipinski definition) is 3. The Kier molecular flexibility index (Phi) is 7.03. The van der Waals surface area contributed by atoms with Gasteiger partial charge in [-0.2, -0.15) is 0 Å². The molecule has 23 heavy (non-hydrogen) atoms. The van der Waals surface area contributed by atoms with Crippen LogP contribution in [0.15, 0.2) is 41.7 Å². The molecule has 128 valence electrons. The van der Waals surface area contributed by atoms with E-state index in [1.807, 2.05) is 20.8 Å². The second kappa shape index (κ2) is 9.01. The van der Waals surface area contributed by atoms with E-state index in [9.17, 15) is 0 Å². The Morgan fingerprint density at radius 2 is 1.57 bits per heavy atom. The molecular formula is C19H30O3Si. The molecule has 0 atom stereocenters. The van der Waals surface area contributed by atoms with E-state index in [1.165, 1.54) is 24.8 Å². The third kappa shape index (κ3) is 5.03. The average Bonchev–Trinajstić information content (AvgIpc) is 2.53. The summed E-state index contributed by atoms with van der Waals surface area (Å²) < 4.78 is 17.4. The van der Waals surface area contributed by atoms with E-state index >= 15 is 0 Å². The summed E-state index contributed by atoms with van der Waals surface area (Å²) >= 11 is 0. The van der Waals surface area contributed by atoms with Crippen molar-refractivity contribution in [1.29, 1.82) is 0 Å². The minimum atomic E-state index is -0.606. The highest BCUT2D eigenvalue weighted by atomic mass is 28.2. The van der Waals surface area contributed by atoms with Crippen LogP contribution in [0.25, 0.3) is 0 Å². The van der Waals surface area contributed by atoms with Crippen LogP contribution in [0.4, 0.5) is 0 Å². The fraction of sp³-hybridized carbons (Fsp3) is 0.579. The van der Waals surface area contributed by atoms with Crippen LogP contribution in [-0.2, 0) is 20.6 Å². The smallest absolute Gasteiger partial charge is 0.312 e. The second-order valence-corrected chi connectivity index (χ2v) is 8.70. The molecule has 0 spiro atoms. The minimum Gasteiger partial charge on any atom is -0.497 e. The molecule has 4 heteroatoms. The number of benzene rings is 1. The molecule has 0 bridgehead atoms. The van der Waals surface area contributed by atoms with Crippen molar-refractivity contribution in [3.05, 3.63) is 47.2 Å². The van der Waals surface area contributed by atoms with Gasteiger partial charge in [-0.1, -0.05) is 36.8 Å². The lowest BCUT2D eigenvalue weighted by Gasteiger charge is -2.42. The van der Waals surface area contributed by atoms with Crippen LogP contribution in [0.5, 0.6) is 0 Å². The van der Waals surface area contributed by atoms with Gasteiger partial charge < -0.3 is 14.2 Å². The summed E-state index contributed by atoms with van der Waals surface area (Å²) in [4.78, 5) is 0. The predicted molar refractivity (Wildman–Crippen MR) is 97.1 cm³/mol. The van der Waals surface area contributed by atoms with Crippen molar-refractivity contribution < 1.29 is 14.2 Å². The molecule has 0 heterocycles. The maximum Gasteiger partial charge on any atom is 0.312 e. The Morgan fingerprint density at radius 1 is 0.957 bits per heavy atom. The third-order valence-electron chi connectivity index (χ3n) is 4.47. The van der Waals surface area contributed by atoms with Crippen molar-refractivity contribution in [2.45, 2.75) is 51.5 Å². The van der Waals surface area contributed by atoms with E-state index in [0.29, 0.717) is 30.8 Å². The van der Waals surface area contributed by atoms with E-state index in [2.05, 4.69) is 30.3 Å². The van der Waals surface area contributed by atoms with Gasteiger partial charge in [0.25, 0.3) is 0 Å². The Hall–Kier alpha value is -1.42. The summed E-state index contributed by atoms with van der Waals surface area (Å²) in [5.74, 6) is 0.642. The van der Waals surface area contributed by atoms with Gasteiger partial charge in [-0.05, 0) is 50.6 Å². The molecule has 3 nitrogen and oxygen atoms in total. The number of rotatable bonds is 10. The maximum atomic E-state index is 5.97. The quantitative estimate of drug-likeness (QED) is 0.478. The van der Waals surface area contributed by atoms with Gasteiger partial charge in [0.2, 0.25) is 0 Å². The zero-order valence-electron chi connectivity index (χ0n) is 14.8. The first-order valence-electron chi connectivity index (χ1n) is 8.88. The Bertz CT molecular complexity index is 487. The molecule has 0 saturated heterocycles. The fourth-order valence-corrected chi connectivity index (χ4v) is 5.89. The molecule has 1 aromatic rings. The first-order valence-corrected chi connectivity index (χ1v) is 10.3. The van der Waals surface area contributed by atoms with Crippen molar-refractivity contribution in [2.75, 3.05) is 19.8 Å². The van der Waals surface area contributed by atoms with Crippen molar-refractivity contribution in [1.82, 2.24) is 0 Å². The first kappa shape index (κ1) is 17.9. The molecule has 0 amide bonds. The van der Waals surface area contributed by atoms with Gasteiger partial charge in [-0.3, -0.25) is 0 Å². The molecule has 0 aromatic heterocycles. The van der Waals surface area contributed by atoms with E-state index in [0.717, 1.165) is 11.8 Å². The van der Waals surface area contributed by atoms with Gasteiger partial charge in [0.15, 0.2) is 0 Å². The summed E-state index contributed by atoms with van der Waals surface area (Å²) in [5.41, 5.74) is 1.44. The monoisotopic (exact) mass is 334 g/mol. The Balaban J connectivity index is 2.16. The predicted octanol–water partition coefficient (Wildman–Crippen LogP) is 3.98. The van der Waals surface area contributed by atoms with Crippen molar-refractivity contribution >= 4 is 9.52 Å². The largest absolute Gasteiger partial charge is 0.497 e. The molecule has 1 aliphatic carbocycles. The molecular weight excluding hydrogens is 304 g/mol. The molecule has 1 aliphatic rings. The lowest BCUT2D eigenvalue weighted by molar-refractivity contribution is 0.0279.